The average Bonchev–Trinajstić information content (AvgIpc) is 2.27. The minimum Gasteiger partial charge on any atom is -0.462 e. The van der Waals surface area contributed by atoms with E-state index in [9.17, 15) is 4.79 Å². The minimum atomic E-state index is -1.86. The van der Waals surface area contributed by atoms with E-state index < -0.39 is 8.32 Å². The minimum absolute atomic E-state index is 0.00142. The zero-order valence-electron chi connectivity index (χ0n) is 13.7. The highest BCUT2D eigenvalue weighted by Crippen LogP contribution is 2.41. The van der Waals surface area contributed by atoms with Crippen LogP contribution in [0.4, 0.5) is 0 Å². The number of hydrogen-bond acceptors (Lipinski definition) is 3. The Morgan fingerprint density at radius 2 is 1.79 bits per heavy atom. The Hall–Kier alpha value is -0.353. The van der Waals surface area contributed by atoms with Gasteiger partial charge in [-0.15, -0.1) is 0 Å². The Bertz CT molecular complexity index is 333. The Labute approximate surface area is 119 Å². The van der Waals surface area contributed by atoms with E-state index in [1.54, 1.807) is 0 Å². The summed E-state index contributed by atoms with van der Waals surface area (Å²) >= 11 is 0. The Kier molecular flexibility index (Phi) is 4.89. The average molecular weight is 286 g/mol. The third kappa shape index (κ3) is 3.40. The lowest BCUT2D eigenvalue weighted by atomic mass is 9.85. The molecule has 0 unspecified atom stereocenters. The monoisotopic (exact) mass is 286 g/mol. The van der Waals surface area contributed by atoms with E-state index in [0.29, 0.717) is 0 Å². The Morgan fingerprint density at radius 3 is 2.21 bits per heavy atom. The summed E-state index contributed by atoms with van der Waals surface area (Å²) in [6.07, 6.45) is 0.849. The highest BCUT2D eigenvalue weighted by Gasteiger charge is 2.47. The standard InChI is InChI=1S/C15H30O3Si/c1-9-12-10(2)13(11(3)14(16)17-12)18-19(7,8)15(4,5)6/h10-13H,9H2,1-8H3/t10-,11-,12+,13-/m1/s1. The molecule has 1 aliphatic heterocycles. The smallest absolute Gasteiger partial charge is 0.311 e. The summed E-state index contributed by atoms with van der Waals surface area (Å²) in [5.41, 5.74) is 0. The maximum absolute atomic E-state index is 12.0. The fourth-order valence-corrected chi connectivity index (χ4v) is 3.80. The van der Waals surface area contributed by atoms with Crippen LogP contribution in [-0.4, -0.2) is 26.5 Å². The number of cyclic esters (lactones) is 1. The predicted octanol–water partition coefficient (Wildman–Crippen LogP) is 3.98. The second-order valence-electron chi connectivity index (χ2n) is 7.37. The molecule has 4 atom stereocenters. The summed E-state index contributed by atoms with van der Waals surface area (Å²) in [7, 11) is -1.86. The molecule has 0 amide bonds. The second-order valence-corrected chi connectivity index (χ2v) is 12.1. The highest BCUT2D eigenvalue weighted by atomic mass is 28.4. The fourth-order valence-electron chi connectivity index (χ4n) is 2.35. The van der Waals surface area contributed by atoms with E-state index in [1.807, 2.05) is 6.92 Å². The lowest BCUT2D eigenvalue weighted by molar-refractivity contribution is -0.176. The molecule has 0 spiro atoms. The van der Waals surface area contributed by atoms with E-state index in [4.69, 9.17) is 9.16 Å². The first-order chi connectivity index (χ1) is 8.51. The van der Waals surface area contributed by atoms with Crippen molar-refractivity contribution in [3.8, 4) is 0 Å². The van der Waals surface area contributed by atoms with E-state index in [-0.39, 0.29) is 35.1 Å². The third-order valence-electron chi connectivity index (χ3n) is 4.88. The molecule has 0 radical (unpaired) electrons. The molecule has 3 nitrogen and oxygen atoms in total. The zero-order valence-corrected chi connectivity index (χ0v) is 14.7. The largest absolute Gasteiger partial charge is 0.462 e. The topological polar surface area (TPSA) is 35.5 Å². The molecule has 1 heterocycles. The van der Waals surface area contributed by atoms with Crippen molar-refractivity contribution in [2.24, 2.45) is 11.8 Å². The van der Waals surface area contributed by atoms with Crippen molar-refractivity contribution in [3.05, 3.63) is 0 Å². The first-order valence-electron chi connectivity index (χ1n) is 7.39. The number of carbonyl (C=O) groups excluding carboxylic acids is 1. The van der Waals surface area contributed by atoms with Crippen molar-refractivity contribution >= 4 is 14.3 Å². The predicted molar refractivity (Wildman–Crippen MR) is 80.6 cm³/mol. The molecule has 0 aromatic carbocycles. The van der Waals surface area contributed by atoms with Gasteiger partial charge in [-0.3, -0.25) is 4.79 Å². The van der Waals surface area contributed by atoms with E-state index in [2.05, 4.69) is 47.7 Å². The molecule has 19 heavy (non-hydrogen) atoms. The highest BCUT2D eigenvalue weighted by molar-refractivity contribution is 6.74. The van der Waals surface area contributed by atoms with Gasteiger partial charge in [-0.2, -0.15) is 0 Å². The molecular formula is C15H30O3Si. The molecule has 1 rings (SSSR count). The van der Waals surface area contributed by atoms with Gasteiger partial charge >= 0.3 is 5.97 Å². The molecule has 0 aromatic heterocycles. The third-order valence-corrected chi connectivity index (χ3v) is 9.35. The van der Waals surface area contributed by atoms with Gasteiger partial charge in [0.15, 0.2) is 8.32 Å². The number of carbonyl (C=O) groups is 1. The van der Waals surface area contributed by atoms with Gasteiger partial charge in [0.25, 0.3) is 0 Å². The van der Waals surface area contributed by atoms with Crippen LogP contribution in [0, 0.1) is 11.8 Å². The molecule has 0 saturated carbocycles. The maximum Gasteiger partial charge on any atom is 0.311 e. The second kappa shape index (κ2) is 5.56. The van der Waals surface area contributed by atoms with Gasteiger partial charge in [0.2, 0.25) is 0 Å². The van der Waals surface area contributed by atoms with Crippen molar-refractivity contribution in [1.82, 2.24) is 0 Å². The van der Waals surface area contributed by atoms with Gasteiger partial charge < -0.3 is 9.16 Å². The lowest BCUT2D eigenvalue weighted by Gasteiger charge is -2.46. The normalized spacial score (nSPS) is 33.2. The Morgan fingerprint density at radius 1 is 1.26 bits per heavy atom. The summed E-state index contributed by atoms with van der Waals surface area (Å²) in [4.78, 5) is 12.0. The molecule has 0 N–H and O–H groups in total. The molecule has 0 bridgehead atoms. The van der Waals surface area contributed by atoms with Crippen LogP contribution in [0.5, 0.6) is 0 Å². The van der Waals surface area contributed by atoms with Crippen LogP contribution in [0.3, 0.4) is 0 Å². The van der Waals surface area contributed by atoms with Crippen LogP contribution in [0.15, 0.2) is 0 Å². The maximum atomic E-state index is 12.0. The van der Waals surface area contributed by atoms with Gasteiger partial charge in [0.1, 0.15) is 6.10 Å². The van der Waals surface area contributed by atoms with Gasteiger partial charge in [-0.1, -0.05) is 34.6 Å². The first kappa shape index (κ1) is 16.7. The lowest BCUT2D eigenvalue weighted by Crippen LogP contribution is -2.54. The van der Waals surface area contributed by atoms with Crippen LogP contribution in [-0.2, 0) is 14.0 Å². The summed E-state index contributed by atoms with van der Waals surface area (Å²) in [5.74, 6) is 0.00686. The molecule has 1 saturated heterocycles. The fraction of sp³-hybridized carbons (Fsp3) is 0.933. The van der Waals surface area contributed by atoms with Gasteiger partial charge in [0, 0.05) is 5.92 Å². The van der Waals surface area contributed by atoms with E-state index in [1.165, 1.54) is 0 Å². The van der Waals surface area contributed by atoms with Crippen LogP contribution >= 0.6 is 0 Å². The van der Waals surface area contributed by atoms with Crippen molar-refractivity contribution in [1.29, 1.82) is 0 Å². The quantitative estimate of drug-likeness (QED) is 0.581. The molecule has 1 fully saturated rings. The number of hydrogen-bond donors (Lipinski definition) is 0. The van der Waals surface area contributed by atoms with E-state index >= 15 is 0 Å². The molecule has 0 aromatic rings. The summed E-state index contributed by atoms with van der Waals surface area (Å²) in [6, 6.07) is 0. The molecule has 0 aliphatic carbocycles. The Balaban J connectivity index is 2.93. The number of rotatable bonds is 3. The van der Waals surface area contributed by atoms with Gasteiger partial charge in [-0.05, 0) is 31.5 Å². The van der Waals surface area contributed by atoms with Crippen molar-refractivity contribution in [2.45, 2.75) is 78.3 Å². The summed E-state index contributed by atoms with van der Waals surface area (Å²) in [5, 5.41) is 0.162. The van der Waals surface area contributed by atoms with Crippen molar-refractivity contribution in [2.75, 3.05) is 0 Å². The van der Waals surface area contributed by atoms with Crippen molar-refractivity contribution in [3.63, 3.8) is 0 Å². The molecular weight excluding hydrogens is 256 g/mol. The van der Waals surface area contributed by atoms with Gasteiger partial charge in [-0.25, -0.2) is 0 Å². The molecule has 1 aliphatic rings. The first-order valence-corrected chi connectivity index (χ1v) is 10.3. The van der Waals surface area contributed by atoms with Crippen LogP contribution in [0.25, 0.3) is 0 Å². The summed E-state index contributed by atoms with van der Waals surface area (Å²) < 4.78 is 12.0. The zero-order chi connectivity index (χ0) is 15.0. The van der Waals surface area contributed by atoms with Crippen LogP contribution in [0.1, 0.15) is 48.0 Å². The van der Waals surface area contributed by atoms with Crippen molar-refractivity contribution < 1.29 is 14.0 Å². The van der Waals surface area contributed by atoms with E-state index in [0.717, 1.165) is 6.42 Å². The van der Waals surface area contributed by atoms with Gasteiger partial charge in [0.05, 0.1) is 12.0 Å². The SMILES string of the molecule is CC[C@@H]1OC(=O)[C@H](C)[C@H](O[Si](C)(C)C(C)(C)C)[C@@H]1C. The van der Waals surface area contributed by atoms with Crippen LogP contribution in [0.2, 0.25) is 18.1 Å². The number of esters is 1. The number of ether oxygens (including phenoxy) is 1. The summed E-state index contributed by atoms with van der Waals surface area (Å²) in [6.45, 7) is 17.3. The van der Waals surface area contributed by atoms with Crippen LogP contribution < -0.4 is 0 Å². The molecule has 4 heteroatoms. The molecule has 112 valence electrons.